The molecule has 1 amide bonds. The van der Waals surface area contributed by atoms with E-state index >= 15 is 0 Å². The van der Waals surface area contributed by atoms with Crippen molar-refractivity contribution in [1.82, 2.24) is 20.2 Å². The average molecular weight is 330 g/mol. The molecule has 0 aliphatic carbocycles. The molecule has 3 rings (SSSR count). The molecular weight excluding hydrogens is 308 g/mol. The molecule has 0 spiro atoms. The smallest absolute Gasteiger partial charge is 0.234 e. The van der Waals surface area contributed by atoms with E-state index in [1.165, 1.54) is 5.01 Å². The molecule has 2 aromatic heterocycles. The van der Waals surface area contributed by atoms with Crippen LogP contribution in [0.3, 0.4) is 0 Å². The molecule has 6 heteroatoms. The maximum absolute atomic E-state index is 11.7. The fourth-order valence-corrected chi connectivity index (χ4v) is 3.92. The van der Waals surface area contributed by atoms with Crippen LogP contribution in [-0.2, 0) is 4.79 Å². The van der Waals surface area contributed by atoms with E-state index in [4.69, 9.17) is 4.98 Å². The quantitative estimate of drug-likeness (QED) is 0.915. The van der Waals surface area contributed by atoms with Crippen LogP contribution in [0.1, 0.15) is 30.7 Å². The summed E-state index contributed by atoms with van der Waals surface area (Å²) in [7, 11) is 0. The van der Waals surface area contributed by atoms with Gasteiger partial charge in [0, 0.05) is 35.8 Å². The summed E-state index contributed by atoms with van der Waals surface area (Å²) < 4.78 is 0. The molecule has 1 aliphatic rings. The first-order valence-corrected chi connectivity index (χ1v) is 8.99. The van der Waals surface area contributed by atoms with Gasteiger partial charge in [0.2, 0.25) is 5.91 Å². The standard InChI is InChI=1S/C17H22N4OS/c1-2-19-16(22)11-21-9-5-14(6-10-21)17-20-15(12-23-17)13-3-7-18-8-4-13/h3-4,7-8,12,14H,2,5-6,9-11H2,1H3,(H,19,22). The zero-order chi connectivity index (χ0) is 16.1. The van der Waals surface area contributed by atoms with Crippen LogP contribution in [0.5, 0.6) is 0 Å². The molecule has 3 heterocycles. The number of nitrogens with one attached hydrogen (secondary N) is 1. The molecule has 1 aliphatic heterocycles. The number of amides is 1. The third kappa shape index (κ3) is 4.14. The molecule has 122 valence electrons. The number of likely N-dealkylation sites (tertiary alicyclic amines) is 1. The van der Waals surface area contributed by atoms with Crippen LogP contribution >= 0.6 is 11.3 Å². The molecule has 0 aromatic carbocycles. The van der Waals surface area contributed by atoms with Crippen molar-refractivity contribution < 1.29 is 4.79 Å². The van der Waals surface area contributed by atoms with Gasteiger partial charge in [0.25, 0.3) is 0 Å². The fourth-order valence-electron chi connectivity index (χ4n) is 2.92. The van der Waals surface area contributed by atoms with E-state index in [9.17, 15) is 4.79 Å². The van der Waals surface area contributed by atoms with Crippen molar-refractivity contribution in [2.24, 2.45) is 0 Å². The number of pyridine rings is 1. The Balaban J connectivity index is 1.56. The number of nitrogens with zero attached hydrogens (tertiary/aromatic N) is 3. The van der Waals surface area contributed by atoms with Gasteiger partial charge in [-0.15, -0.1) is 11.3 Å². The highest BCUT2D eigenvalue weighted by Gasteiger charge is 2.24. The van der Waals surface area contributed by atoms with Crippen molar-refractivity contribution in [1.29, 1.82) is 0 Å². The maximum atomic E-state index is 11.7. The summed E-state index contributed by atoms with van der Waals surface area (Å²) >= 11 is 1.74. The minimum atomic E-state index is 0.125. The molecule has 2 aromatic rings. The number of carbonyl (C=O) groups is 1. The zero-order valence-electron chi connectivity index (χ0n) is 13.4. The summed E-state index contributed by atoms with van der Waals surface area (Å²) in [4.78, 5) is 22.8. The number of thiazole rings is 1. The molecule has 1 fully saturated rings. The number of hydrogen-bond donors (Lipinski definition) is 1. The molecule has 23 heavy (non-hydrogen) atoms. The summed E-state index contributed by atoms with van der Waals surface area (Å²) in [6, 6.07) is 3.99. The average Bonchev–Trinajstić information content (AvgIpc) is 3.07. The Morgan fingerprint density at radius 1 is 1.35 bits per heavy atom. The van der Waals surface area contributed by atoms with Crippen molar-refractivity contribution in [2.75, 3.05) is 26.2 Å². The van der Waals surface area contributed by atoms with Crippen LogP contribution in [0.15, 0.2) is 29.9 Å². The van der Waals surface area contributed by atoms with E-state index < -0.39 is 0 Å². The second-order valence-corrected chi connectivity index (χ2v) is 6.70. The summed E-state index contributed by atoms with van der Waals surface area (Å²) in [6.07, 6.45) is 5.74. The Hall–Kier alpha value is -1.79. The van der Waals surface area contributed by atoms with Crippen molar-refractivity contribution in [3.05, 3.63) is 34.9 Å². The SMILES string of the molecule is CCNC(=O)CN1CCC(c2nc(-c3ccncc3)cs2)CC1. The van der Waals surface area contributed by atoms with Gasteiger partial charge in [-0.25, -0.2) is 4.98 Å². The van der Waals surface area contributed by atoms with Gasteiger partial charge in [-0.05, 0) is 45.0 Å². The molecule has 0 atom stereocenters. The molecular formula is C17H22N4OS. The number of aromatic nitrogens is 2. The number of hydrogen-bond acceptors (Lipinski definition) is 5. The van der Waals surface area contributed by atoms with Crippen LogP contribution in [0.4, 0.5) is 0 Å². The molecule has 0 radical (unpaired) electrons. The highest BCUT2D eigenvalue weighted by molar-refractivity contribution is 7.10. The molecule has 1 N–H and O–H groups in total. The van der Waals surface area contributed by atoms with Crippen molar-refractivity contribution >= 4 is 17.2 Å². The van der Waals surface area contributed by atoms with Gasteiger partial charge in [-0.3, -0.25) is 14.7 Å². The van der Waals surface area contributed by atoms with E-state index in [2.05, 4.69) is 20.6 Å². The van der Waals surface area contributed by atoms with Gasteiger partial charge in [0.15, 0.2) is 0 Å². The highest BCUT2D eigenvalue weighted by atomic mass is 32.1. The van der Waals surface area contributed by atoms with Gasteiger partial charge in [0.05, 0.1) is 17.2 Å². The fraction of sp³-hybridized carbons (Fsp3) is 0.471. The first-order valence-electron chi connectivity index (χ1n) is 8.11. The highest BCUT2D eigenvalue weighted by Crippen LogP contribution is 2.32. The summed E-state index contributed by atoms with van der Waals surface area (Å²) in [5.74, 6) is 0.640. The van der Waals surface area contributed by atoms with E-state index in [0.717, 1.165) is 37.2 Å². The number of rotatable bonds is 5. The Morgan fingerprint density at radius 2 is 2.09 bits per heavy atom. The number of piperidine rings is 1. The summed E-state index contributed by atoms with van der Waals surface area (Å²) in [5.41, 5.74) is 2.16. The number of carbonyl (C=O) groups excluding carboxylic acids is 1. The lowest BCUT2D eigenvalue weighted by Gasteiger charge is -2.30. The lowest BCUT2D eigenvalue weighted by atomic mass is 9.97. The molecule has 0 unspecified atom stereocenters. The van der Waals surface area contributed by atoms with Gasteiger partial charge in [-0.1, -0.05) is 0 Å². The van der Waals surface area contributed by atoms with Crippen LogP contribution < -0.4 is 5.32 Å². The normalized spacial score (nSPS) is 16.4. The van der Waals surface area contributed by atoms with E-state index in [0.29, 0.717) is 19.0 Å². The third-order valence-electron chi connectivity index (χ3n) is 4.18. The Morgan fingerprint density at radius 3 is 2.78 bits per heavy atom. The Labute approximate surface area is 140 Å². The maximum Gasteiger partial charge on any atom is 0.234 e. The topological polar surface area (TPSA) is 58.1 Å². The molecule has 5 nitrogen and oxygen atoms in total. The van der Waals surface area contributed by atoms with Gasteiger partial charge < -0.3 is 5.32 Å². The lowest BCUT2D eigenvalue weighted by Crippen LogP contribution is -2.41. The van der Waals surface area contributed by atoms with Crippen molar-refractivity contribution in [3.63, 3.8) is 0 Å². The van der Waals surface area contributed by atoms with Gasteiger partial charge in [0.1, 0.15) is 0 Å². The second-order valence-electron chi connectivity index (χ2n) is 5.81. The van der Waals surface area contributed by atoms with Crippen LogP contribution in [0.2, 0.25) is 0 Å². The van der Waals surface area contributed by atoms with Crippen LogP contribution in [-0.4, -0.2) is 47.0 Å². The summed E-state index contributed by atoms with van der Waals surface area (Å²) in [5, 5.41) is 6.21. The third-order valence-corrected chi connectivity index (χ3v) is 5.18. The predicted molar refractivity (Wildman–Crippen MR) is 92.4 cm³/mol. The Bertz CT molecular complexity index is 635. The van der Waals surface area contributed by atoms with E-state index in [1.807, 2.05) is 19.1 Å². The monoisotopic (exact) mass is 330 g/mol. The van der Waals surface area contributed by atoms with Gasteiger partial charge in [-0.2, -0.15) is 0 Å². The summed E-state index contributed by atoms with van der Waals surface area (Å²) in [6.45, 7) is 5.10. The predicted octanol–water partition coefficient (Wildman–Crippen LogP) is 2.52. The van der Waals surface area contributed by atoms with E-state index in [-0.39, 0.29) is 5.91 Å². The van der Waals surface area contributed by atoms with E-state index in [1.54, 1.807) is 23.7 Å². The van der Waals surface area contributed by atoms with Gasteiger partial charge >= 0.3 is 0 Å². The second kappa shape index (κ2) is 7.66. The minimum absolute atomic E-state index is 0.125. The first-order chi connectivity index (χ1) is 11.3. The minimum Gasteiger partial charge on any atom is -0.355 e. The largest absolute Gasteiger partial charge is 0.355 e. The van der Waals surface area contributed by atoms with Crippen molar-refractivity contribution in [2.45, 2.75) is 25.7 Å². The Kier molecular flexibility index (Phi) is 5.35. The zero-order valence-corrected chi connectivity index (χ0v) is 14.2. The van der Waals surface area contributed by atoms with Crippen molar-refractivity contribution in [3.8, 4) is 11.3 Å². The number of likely N-dealkylation sites (N-methyl/N-ethyl adjacent to an activating group) is 1. The molecule has 0 bridgehead atoms. The van der Waals surface area contributed by atoms with Crippen LogP contribution in [0, 0.1) is 0 Å². The molecule has 1 saturated heterocycles. The van der Waals surface area contributed by atoms with Crippen LogP contribution in [0.25, 0.3) is 11.3 Å². The molecule has 0 saturated carbocycles. The lowest BCUT2D eigenvalue weighted by molar-refractivity contribution is -0.122. The first kappa shape index (κ1) is 16.1.